The van der Waals surface area contributed by atoms with Crippen LogP contribution in [0.4, 0.5) is 5.69 Å². The fraction of sp³-hybridized carbons (Fsp3) is 0.278. The Kier molecular flexibility index (Phi) is 4.97. The van der Waals surface area contributed by atoms with Crippen molar-refractivity contribution in [3.63, 3.8) is 0 Å². The summed E-state index contributed by atoms with van der Waals surface area (Å²) in [6.07, 6.45) is 1.18. The summed E-state index contributed by atoms with van der Waals surface area (Å²) < 4.78 is 30.2. The van der Waals surface area contributed by atoms with Crippen molar-refractivity contribution in [1.82, 2.24) is 0 Å². The van der Waals surface area contributed by atoms with Crippen LogP contribution in [-0.2, 0) is 25.1 Å². The number of hydrogen-bond donors (Lipinski definition) is 1. The van der Waals surface area contributed by atoms with Gasteiger partial charge in [-0.15, -0.1) is 0 Å². The molecule has 1 amide bonds. The van der Waals surface area contributed by atoms with E-state index in [1.165, 1.54) is 0 Å². The molecule has 0 bridgehead atoms. The Hall–Kier alpha value is -2.18. The van der Waals surface area contributed by atoms with Crippen molar-refractivity contribution in [2.24, 2.45) is 0 Å². The molecule has 1 saturated heterocycles. The average Bonchev–Trinajstić information content (AvgIpc) is 3.10. The minimum atomic E-state index is -3.41. The highest BCUT2D eigenvalue weighted by Crippen LogP contribution is 2.20. The molecule has 0 spiro atoms. The first-order valence-electron chi connectivity index (χ1n) is 7.84. The summed E-state index contributed by atoms with van der Waals surface area (Å²) in [5, 5.41) is 2.79. The van der Waals surface area contributed by atoms with Gasteiger partial charge in [0.15, 0.2) is 9.84 Å². The summed E-state index contributed by atoms with van der Waals surface area (Å²) >= 11 is 0. The SMILES string of the molecule is O=C(Nc1cccc(CS(=O)(=O)c2ccccc2)c1)[C@H]1CCCO1. The van der Waals surface area contributed by atoms with Crippen LogP contribution in [0.2, 0.25) is 0 Å². The molecule has 1 fully saturated rings. The average molecular weight is 345 g/mol. The molecular formula is C18H19NO4S. The number of nitrogens with one attached hydrogen (secondary N) is 1. The van der Waals surface area contributed by atoms with E-state index in [2.05, 4.69) is 5.32 Å². The van der Waals surface area contributed by atoms with E-state index in [1.807, 2.05) is 0 Å². The molecule has 3 rings (SSSR count). The number of sulfone groups is 1. The van der Waals surface area contributed by atoms with Gasteiger partial charge in [0.2, 0.25) is 0 Å². The number of anilines is 1. The van der Waals surface area contributed by atoms with Crippen molar-refractivity contribution in [2.45, 2.75) is 29.6 Å². The Labute approximate surface area is 141 Å². The normalized spacial score (nSPS) is 17.6. The Bertz CT molecular complexity index is 812. The maximum atomic E-state index is 12.4. The van der Waals surface area contributed by atoms with Gasteiger partial charge in [-0.2, -0.15) is 0 Å². The van der Waals surface area contributed by atoms with E-state index in [0.29, 0.717) is 29.2 Å². The van der Waals surface area contributed by atoms with Gasteiger partial charge >= 0.3 is 0 Å². The van der Waals surface area contributed by atoms with Crippen molar-refractivity contribution in [2.75, 3.05) is 11.9 Å². The molecular weight excluding hydrogens is 326 g/mol. The molecule has 0 unspecified atom stereocenters. The van der Waals surface area contributed by atoms with Crippen LogP contribution in [0.1, 0.15) is 18.4 Å². The molecule has 1 aliphatic rings. The molecule has 1 atom stereocenters. The fourth-order valence-corrected chi connectivity index (χ4v) is 4.03. The van der Waals surface area contributed by atoms with E-state index in [0.717, 1.165) is 6.42 Å². The van der Waals surface area contributed by atoms with E-state index in [-0.39, 0.29) is 11.7 Å². The number of hydrogen-bond acceptors (Lipinski definition) is 4. The fourth-order valence-electron chi connectivity index (χ4n) is 2.68. The number of benzene rings is 2. The molecule has 0 aromatic heterocycles. The van der Waals surface area contributed by atoms with Crippen LogP contribution in [-0.4, -0.2) is 27.0 Å². The molecule has 0 saturated carbocycles. The van der Waals surface area contributed by atoms with Gasteiger partial charge in [-0.3, -0.25) is 4.79 Å². The summed E-state index contributed by atoms with van der Waals surface area (Å²) in [4.78, 5) is 12.4. The third-order valence-electron chi connectivity index (χ3n) is 3.88. The largest absolute Gasteiger partial charge is 0.368 e. The van der Waals surface area contributed by atoms with Crippen molar-refractivity contribution in [3.05, 3.63) is 60.2 Å². The summed E-state index contributed by atoms with van der Waals surface area (Å²) in [6.45, 7) is 0.605. The zero-order chi connectivity index (χ0) is 17.0. The number of rotatable bonds is 5. The van der Waals surface area contributed by atoms with E-state index >= 15 is 0 Å². The second-order valence-electron chi connectivity index (χ2n) is 5.76. The second-order valence-corrected chi connectivity index (χ2v) is 7.75. The number of amides is 1. The Morgan fingerprint density at radius 1 is 1.12 bits per heavy atom. The van der Waals surface area contributed by atoms with Crippen LogP contribution in [0.3, 0.4) is 0 Å². The van der Waals surface area contributed by atoms with Crippen molar-refractivity contribution >= 4 is 21.4 Å². The highest BCUT2D eigenvalue weighted by atomic mass is 32.2. The molecule has 0 radical (unpaired) electrons. The van der Waals surface area contributed by atoms with E-state index in [4.69, 9.17) is 4.74 Å². The lowest BCUT2D eigenvalue weighted by Crippen LogP contribution is -2.26. The third kappa shape index (κ3) is 4.01. The number of ether oxygens (including phenoxy) is 1. The maximum absolute atomic E-state index is 12.4. The van der Waals surface area contributed by atoms with Gasteiger partial charge in [-0.1, -0.05) is 30.3 Å². The highest BCUT2D eigenvalue weighted by molar-refractivity contribution is 7.90. The topological polar surface area (TPSA) is 72.5 Å². The quantitative estimate of drug-likeness (QED) is 0.904. The molecule has 24 heavy (non-hydrogen) atoms. The van der Waals surface area contributed by atoms with Crippen LogP contribution in [0.15, 0.2) is 59.5 Å². The predicted molar refractivity (Wildman–Crippen MR) is 91.4 cm³/mol. The zero-order valence-electron chi connectivity index (χ0n) is 13.1. The van der Waals surface area contributed by atoms with Crippen LogP contribution >= 0.6 is 0 Å². The summed E-state index contributed by atoms with van der Waals surface area (Å²) in [5.74, 6) is -0.295. The van der Waals surface area contributed by atoms with Gasteiger partial charge < -0.3 is 10.1 Å². The first-order chi connectivity index (χ1) is 11.5. The monoisotopic (exact) mass is 345 g/mol. The van der Waals surface area contributed by atoms with Crippen molar-refractivity contribution in [3.8, 4) is 0 Å². The maximum Gasteiger partial charge on any atom is 0.253 e. The predicted octanol–water partition coefficient (Wildman–Crippen LogP) is 2.78. The lowest BCUT2D eigenvalue weighted by molar-refractivity contribution is -0.124. The molecule has 6 heteroatoms. The van der Waals surface area contributed by atoms with Gasteiger partial charge in [0.05, 0.1) is 10.6 Å². The molecule has 126 valence electrons. The number of carbonyl (C=O) groups is 1. The Morgan fingerprint density at radius 2 is 1.92 bits per heavy atom. The molecule has 5 nitrogen and oxygen atoms in total. The third-order valence-corrected chi connectivity index (χ3v) is 5.58. The molecule has 0 aliphatic carbocycles. The van der Waals surface area contributed by atoms with Crippen molar-refractivity contribution in [1.29, 1.82) is 0 Å². The van der Waals surface area contributed by atoms with Crippen LogP contribution in [0, 0.1) is 0 Å². The standard InChI is InChI=1S/C18H19NO4S/c20-18(17-10-5-11-23-17)19-15-7-4-6-14(12-15)13-24(21,22)16-8-2-1-3-9-16/h1-4,6-9,12,17H,5,10-11,13H2,(H,19,20)/t17-/m1/s1. The van der Waals surface area contributed by atoms with Crippen LogP contribution < -0.4 is 5.32 Å². The van der Waals surface area contributed by atoms with Crippen LogP contribution in [0.25, 0.3) is 0 Å². The summed E-state index contributed by atoms with van der Waals surface area (Å²) in [7, 11) is -3.41. The zero-order valence-corrected chi connectivity index (χ0v) is 14.0. The van der Waals surface area contributed by atoms with E-state index < -0.39 is 15.9 Å². The minimum Gasteiger partial charge on any atom is -0.368 e. The molecule has 2 aromatic carbocycles. The Morgan fingerprint density at radius 3 is 2.62 bits per heavy atom. The van der Waals surface area contributed by atoms with Gasteiger partial charge in [0.25, 0.3) is 5.91 Å². The molecule has 1 aliphatic heterocycles. The first kappa shape index (κ1) is 16.7. The lowest BCUT2D eigenvalue weighted by Gasteiger charge is -2.11. The smallest absolute Gasteiger partial charge is 0.253 e. The van der Waals surface area contributed by atoms with E-state index in [1.54, 1.807) is 54.6 Å². The highest BCUT2D eigenvalue weighted by Gasteiger charge is 2.23. The lowest BCUT2D eigenvalue weighted by atomic mass is 10.2. The van der Waals surface area contributed by atoms with Gasteiger partial charge in [-0.05, 0) is 42.7 Å². The van der Waals surface area contributed by atoms with E-state index in [9.17, 15) is 13.2 Å². The van der Waals surface area contributed by atoms with Crippen LogP contribution in [0.5, 0.6) is 0 Å². The minimum absolute atomic E-state index is 0.110. The summed E-state index contributed by atoms with van der Waals surface area (Å²) in [5.41, 5.74) is 1.21. The van der Waals surface area contributed by atoms with Gasteiger partial charge in [0, 0.05) is 12.3 Å². The Balaban J connectivity index is 1.72. The molecule has 1 heterocycles. The molecule has 2 aromatic rings. The van der Waals surface area contributed by atoms with Crippen molar-refractivity contribution < 1.29 is 17.9 Å². The molecule has 1 N–H and O–H groups in total. The van der Waals surface area contributed by atoms with Gasteiger partial charge in [-0.25, -0.2) is 8.42 Å². The van der Waals surface area contributed by atoms with Gasteiger partial charge in [0.1, 0.15) is 6.10 Å². The second kappa shape index (κ2) is 7.15. The summed E-state index contributed by atoms with van der Waals surface area (Å²) in [6, 6.07) is 15.2. The first-order valence-corrected chi connectivity index (χ1v) is 9.49. The number of carbonyl (C=O) groups excluding carboxylic acids is 1.